The maximum absolute atomic E-state index is 14.3. The summed E-state index contributed by atoms with van der Waals surface area (Å²) in [5.41, 5.74) is 4.85. The Labute approximate surface area is 385 Å². The molecule has 2 aliphatic heterocycles. The summed E-state index contributed by atoms with van der Waals surface area (Å²) in [4.78, 5) is 36.0. The number of carbonyl (C=O) groups excluding carboxylic acids is 1. The number of carbonyl (C=O) groups is 1. The van der Waals surface area contributed by atoms with Gasteiger partial charge in [0.1, 0.15) is 59.3 Å². The Morgan fingerprint density at radius 3 is 2.60 bits per heavy atom. The van der Waals surface area contributed by atoms with Gasteiger partial charge in [0.15, 0.2) is 5.82 Å². The molecule has 0 fully saturated rings. The van der Waals surface area contributed by atoms with Gasteiger partial charge in [-0.1, -0.05) is 41.9 Å². The molecule has 0 N–H and O–H groups in total. The van der Waals surface area contributed by atoms with Crippen molar-refractivity contribution in [1.29, 1.82) is 0 Å². The molecule has 4 bridgehead atoms. The first-order valence-corrected chi connectivity index (χ1v) is 22.2. The van der Waals surface area contributed by atoms with Gasteiger partial charge in [0.2, 0.25) is 12.0 Å². The van der Waals surface area contributed by atoms with Crippen molar-refractivity contribution in [2.24, 2.45) is 0 Å². The van der Waals surface area contributed by atoms with E-state index in [0.29, 0.717) is 86.1 Å². The zero-order valence-electron chi connectivity index (χ0n) is 36.5. The van der Waals surface area contributed by atoms with Crippen LogP contribution in [0.4, 0.5) is 4.39 Å². The van der Waals surface area contributed by atoms with Crippen LogP contribution in [0, 0.1) is 12.7 Å². The van der Waals surface area contributed by atoms with Crippen LogP contribution in [0.15, 0.2) is 97.5 Å². The summed E-state index contributed by atoms with van der Waals surface area (Å²) in [6, 6.07) is 24.7. The molecule has 0 spiro atoms. The fraction of sp³-hybridized carbons (Fsp3) is 0.286. The van der Waals surface area contributed by atoms with Crippen molar-refractivity contribution in [3.8, 4) is 61.8 Å². The SMILES string of the molecule is CCOC(=O)[C@H]1Cc2cc(ccc2OCc2ccnc(-c3ccccc3OC)n2)OC[C@@H](CN(C)CCOC)Oc2ccc(c(C)c2Cl)-c2c(-c3ccc(F)cc3)sc3ncnc(c23)O1. The number of hydrogen-bond donors (Lipinski definition) is 0. The Kier molecular flexibility index (Phi) is 14.3. The minimum absolute atomic E-state index is 0.00374. The van der Waals surface area contributed by atoms with E-state index in [1.54, 1.807) is 57.7 Å². The highest BCUT2D eigenvalue weighted by atomic mass is 35.5. The van der Waals surface area contributed by atoms with Crippen LogP contribution in [0.3, 0.4) is 0 Å². The maximum atomic E-state index is 14.3. The van der Waals surface area contributed by atoms with Gasteiger partial charge in [-0.2, -0.15) is 0 Å². The minimum Gasteiger partial charge on any atom is -0.496 e. The quantitative estimate of drug-likeness (QED) is 0.102. The molecular formula is C49H47ClFN5O8S. The van der Waals surface area contributed by atoms with Crippen LogP contribution in [-0.4, -0.2) is 97.2 Å². The molecule has 5 heterocycles. The molecule has 0 amide bonds. The molecule has 0 saturated heterocycles. The largest absolute Gasteiger partial charge is 0.496 e. The van der Waals surface area contributed by atoms with E-state index in [0.717, 1.165) is 21.6 Å². The van der Waals surface area contributed by atoms with E-state index in [2.05, 4.69) is 19.9 Å². The fourth-order valence-electron chi connectivity index (χ4n) is 7.53. The molecule has 4 aromatic carbocycles. The van der Waals surface area contributed by atoms with Crippen molar-refractivity contribution in [3.63, 3.8) is 0 Å². The maximum Gasteiger partial charge on any atom is 0.347 e. The zero-order valence-corrected chi connectivity index (χ0v) is 38.1. The lowest BCUT2D eigenvalue weighted by Gasteiger charge is -2.26. The molecular weight excluding hydrogens is 873 g/mol. The topological polar surface area (TPSA) is 136 Å². The highest BCUT2D eigenvalue weighted by Crippen LogP contribution is 2.50. The van der Waals surface area contributed by atoms with Gasteiger partial charge in [-0.25, -0.2) is 29.1 Å². The number of likely N-dealkylation sites (N-methyl/N-ethyl adjacent to an activating group) is 1. The number of esters is 1. The normalized spacial score (nSPS) is 14.9. The summed E-state index contributed by atoms with van der Waals surface area (Å²) in [6.45, 7) is 5.62. The smallest absolute Gasteiger partial charge is 0.347 e. The van der Waals surface area contributed by atoms with Gasteiger partial charge >= 0.3 is 5.97 Å². The summed E-state index contributed by atoms with van der Waals surface area (Å²) in [6.07, 6.45) is 1.36. The summed E-state index contributed by atoms with van der Waals surface area (Å²) >= 11 is 8.61. The van der Waals surface area contributed by atoms with Crippen molar-refractivity contribution in [1.82, 2.24) is 24.8 Å². The molecule has 16 heteroatoms. The third-order valence-corrected chi connectivity index (χ3v) is 12.4. The standard InChI is InChI=1S/C49H47ClFN5O8S/c1-6-60-49(57)41-24-31-23-34(15-17-38(31)62-26-33-19-20-52-46(55-33)37-9-7-8-10-39(37)59-5)61-27-35(25-56(3)21-22-58-4)63-40-18-16-36(29(2)44(40)50)42-43-47(64-41)53-28-54-48(43)65-45(42)30-11-13-32(51)14-12-30/h7-20,23,28,35,41H,6,21-22,24-27H2,1-5H3/t35-,41-/m1/s1. The molecule has 13 nitrogen and oxygen atoms in total. The van der Waals surface area contributed by atoms with Gasteiger partial charge in [0, 0.05) is 48.8 Å². The summed E-state index contributed by atoms with van der Waals surface area (Å²) in [5.74, 6) is 1.71. The van der Waals surface area contributed by atoms with Gasteiger partial charge in [0.25, 0.3) is 0 Å². The molecule has 65 heavy (non-hydrogen) atoms. The highest BCUT2D eigenvalue weighted by molar-refractivity contribution is 7.22. The Balaban J connectivity index is 1.24. The number of thiophene rings is 1. The molecule has 336 valence electrons. The van der Waals surface area contributed by atoms with Gasteiger partial charge < -0.3 is 38.1 Å². The van der Waals surface area contributed by atoms with Gasteiger partial charge in [-0.3, -0.25) is 0 Å². The third-order valence-electron chi connectivity index (χ3n) is 10.8. The van der Waals surface area contributed by atoms with E-state index in [1.165, 1.54) is 29.8 Å². The van der Waals surface area contributed by atoms with Crippen molar-refractivity contribution in [2.75, 3.05) is 54.2 Å². The number of para-hydroxylation sites is 1. The van der Waals surface area contributed by atoms with Gasteiger partial charge in [-0.05, 0) is 92.2 Å². The lowest BCUT2D eigenvalue weighted by Crippen LogP contribution is -2.38. The second kappa shape index (κ2) is 20.6. The first-order chi connectivity index (χ1) is 31.6. The predicted molar refractivity (Wildman–Crippen MR) is 247 cm³/mol. The lowest BCUT2D eigenvalue weighted by atomic mass is 9.96. The van der Waals surface area contributed by atoms with Crippen LogP contribution in [0.5, 0.6) is 28.9 Å². The Hall–Kier alpha value is -6.39. The Morgan fingerprint density at radius 1 is 0.969 bits per heavy atom. The molecule has 9 rings (SSSR count). The van der Waals surface area contributed by atoms with Gasteiger partial charge in [-0.15, -0.1) is 11.3 Å². The highest BCUT2D eigenvalue weighted by Gasteiger charge is 2.30. The molecule has 2 aliphatic rings. The second-order valence-electron chi connectivity index (χ2n) is 15.2. The molecule has 0 aliphatic carbocycles. The number of methoxy groups -OCH3 is 2. The van der Waals surface area contributed by atoms with E-state index in [-0.39, 0.29) is 37.9 Å². The van der Waals surface area contributed by atoms with Gasteiger partial charge in [0.05, 0.1) is 42.0 Å². The summed E-state index contributed by atoms with van der Waals surface area (Å²) < 4.78 is 57.2. The number of ether oxygens (including phenoxy) is 7. The van der Waals surface area contributed by atoms with Crippen LogP contribution in [0.25, 0.3) is 43.2 Å². The van der Waals surface area contributed by atoms with E-state index < -0.39 is 18.2 Å². The molecule has 0 radical (unpaired) electrons. The number of hydrogen-bond acceptors (Lipinski definition) is 14. The van der Waals surface area contributed by atoms with Crippen LogP contribution in [0.2, 0.25) is 5.02 Å². The van der Waals surface area contributed by atoms with Crippen molar-refractivity contribution in [2.45, 2.75) is 39.1 Å². The minimum atomic E-state index is -1.21. The van der Waals surface area contributed by atoms with Crippen LogP contribution >= 0.6 is 22.9 Å². The average Bonchev–Trinajstić information content (AvgIpc) is 3.71. The molecule has 0 saturated carbocycles. The molecule has 3 aromatic heterocycles. The number of halogens is 2. The van der Waals surface area contributed by atoms with Crippen molar-refractivity contribution >= 4 is 39.1 Å². The fourth-order valence-corrected chi connectivity index (χ4v) is 8.90. The Bertz CT molecular complexity index is 2790. The molecule has 0 unspecified atom stereocenters. The number of aromatic nitrogens is 4. The zero-order chi connectivity index (χ0) is 45.5. The predicted octanol–water partition coefficient (Wildman–Crippen LogP) is 9.44. The first-order valence-electron chi connectivity index (χ1n) is 21.0. The summed E-state index contributed by atoms with van der Waals surface area (Å²) in [5, 5.41) is 0.941. The molecule has 2 atom stereocenters. The number of rotatable bonds is 13. The second-order valence-corrected chi connectivity index (χ2v) is 16.6. The van der Waals surface area contributed by atoms with E-state index in [4.69, 9.17) is 49.7 Å². The number of nitrogens with zero attached hydrogens (tertiary/aromatic N) is 5. The average molecular weight is 920 g/mol. The van der Waals surface area contributed by atoms with Crippen LogP contribution in [-0.2, 0) is 27.3 Å². The van der Waals surface area contributed by atoms with Crippen LogP contribution < -0.4 is 23.7 Å². The number of fused-ring (bicyclic) bond motifs is 7. The van der Waals surface area contributed by atoms with E-state index in [1.807, 2.05) is 56.4 Å². The van der Waals surface area contributed by atoms with Crippen molar-refractivity contribution in [3.05, 3.63) is 125 Å². The Morgan fingerprint density at radius 2 is 1.80 bits per heavy atom. The van der Waals surface area contributed by atoms with E-state index in [9.17, 15) is 9.18 Å². The lowest BCUT2D eigenvalue weighted by molar-refractivity contribution is -0.151. The van der Waals surface area contributed by atoms with Crippen LogP contribution in [0.1, 0.15) is 23.7 Å². The first kappa shape index (κ1) is 45.2. The molecule has 7 aromatic rings. The van der Waals surface area contributed by atoms with Crippen molar-refractivity contribution < 1.29 is 42.3 Å². The van der Waals surface area contributed by atoms with E-state index >= 15 is 0 Å². The third kappa shape index (κ3) is 10.3. The monoisotopic (exact) mass is 919 g/mol. The summed E-state index contributed by atoms with van der Waals surface area (Å²) in [7, 11) is 5.24. The number of benzene rings is 4.